The molecule has 6 nitrogen and oxygen atoms in total. The minimum Gasteiger partial charge on any atom is -0.491 e. The van der Waals surface area contributed by atoms with Gasteiger partial charge in [0.15, 0.2) is 11.4 Å². The second-order valence-corrected chi connectivity index (χ2v) is 3.48. The molecule has 1 aromatic heterocycles. The van der Waals surface area contributed by atoms with Gasteiger partial charge in [-0.25, -0.2) is 9.78 Å². The Morgan fingerprint density at radius 2 is 2.10 bits per heavy atom. The molecule has 1 rings (SSSR count). The van der Waals surface area contributed by atoms with Crippen molar-refractivity contribution in [3.63, 3.8) is 0 Å². The van der Waals surface area contributed by atoms with Crippen molar-refractivity contribution in [3.8, 4) is 11.6 Å². The summed E-state index contributed by atoms with van der Waals surface area (Å²) in [6.07, 6.45) is -4.96. The summed E-state index contributed by atoms with van der Waals surface area (Å²) in [5.41, 5.74) is 5.27. The van der Waals surface area contributed by atoms with Gasteiger partial charge in [-0.1, -0.05) is 0 Å². The molecule has 0 aliphatic carbocycles. The summed E-state index contributed by atoms with van der Waals surface area (Å²) < 4.78 is 49.9. The summed E-state index contributed by atoms with van der Waals surface area (Å²) in [5, 5.41) is 0. The molecule has 0 aliphatic rings. The molecule has 9 heteroatoms. The molecule has 0 atom stereocenters. The van der Waals surface area contributed by atoms with Gasteiger partial charge in [0, 0.05) is 12.1 Å². The number of nitrogens with two attached hydrogens (primary N) is 1. The lowest BCUT2D eigenvalue weighted by atomic mass is 10.2. The van der Waals surface area contributed by atoms with Crippen molar-refractivity contribution >= 4 is 5.97 Å². The highest BCUT2D eigenvalue weighted by atomic mass is 19.4. The summed E-state index contributed by atoms with van der Waals surface area (Å²) >= 11 is 0. The Balaban J connectivity index is 3.29. The van der Waals surface area contributed by atoms with E-state index in [1.165, 1.54) is 0 Å². The quantitative estimate of drug-likeness (QED) is 0.831. The van der Waals surface area contributed by atoms with Gasteiger partial charge in [0.1, 0.15) is 0 Å². The fourth-order valence-electron chi connectivity index (χ4n) is 1.38. The number of alkyl halides is 3. The molecule has 0 saturated carbocycles. The third-order valence-electron chi connectivity index (χ3n) is 2.15. The minimum atomic E-state index is -4.96. The molecular formula is C11H13F3N2O4. The summed E-state index contributed by atoms with van der Waals surface area (Å²) in [6, 6.07) is 1.15. The average Bonchev–Trinajstić information content (AvgIpc) is 2.36. The van der Waals surface area contributed by atoms with Crippen LogP contribution in [-0.2, 0) is 11.3 Å². The van der Waals surface area contributed by atoms with E-state index in [4.69, 9.17) is 15.2 Å². The monoisotopic (exact) mass is 294 g/mol. The van der Waals surface area contributed by atoms with Gasteiger partial charge in [0.25, 0.3) is 5.88 Å². The third-order valence-corrected chi connectivity index (χ3v) is 2.15. The van der Waals surface area contributed by atoms with Crippen LogP contribution >= 0.6 is 0 Å². The van der Waals surface area contributed by atoms with Gasteiger partial charge >= 0.3 is 12.3 Å². The summed E-state index contributed by atoms with van der Waals surface area (Å²) in [4.78, 5) is 15.1. The van der Waals surface area contributed by atoms with Gasteiger partial charge in [-0.15, -0.1) is 13.2 Å². The Bertz CT molecular complexity index is 491. The van der Waals surface area contributed by atoms with E-state index in [0.717, 1.165) is 13.2 Å². The van der Waals surface area contributed by atoms with Crippen LogP contribution in [0.1, 0.15) is 23.0 Å². The van der Waals surface area contributed by atoms with E-state index in [1.807, 2.05) is 0 Å². The number of pyridine rings is 1. The van der Waals surface area contributed by atoms with Gasteiger partial charge in [-0.3, -0.25) is 0 Å². The number of esters is 1. The molecule has 0 unspecified atom stereocenters. The van der Waals surface area contributed by atoms with Crippen LogP contribution in [0.3, 0.4) is 0 Å². The molecule has 2 N–H and O–H groups in total. The van der Waals surface area contributed by atoms with Gasteiger partial charge in [-0.05, 0) is 13.0 Å². The number of hydrogen-bond donors (Lipinski definition) is 1. The molecule has 112 valence electrons. The first kappa shape index (κ1) is 16.0. The standard InChI is InChI=1S/C11H13F3N2O4/c1-3-19-10(17)8-6(5-15)4-7(18-2)9(16-8)20-11(12,13)14/h4H,3,5,15H2,1-2H3. The van der Waals surface area contributed by atoms with E-state index in [-0.39, 0.29) is 30.2 Å². The molecule has 0 amide bonds. The fraction of sp³-hybridized carbons (Fsp3) is 0.455. The van der Waals surface area contributed by atoms with Crippen molar-refractivity contribution in [2.24, 2.45) is 5.73 Å². The fourth-order valence-corrected chi connectivity index (χ4v) is 1.38. The first-order valence-corrected chi connectivity index (χ1v) is 5.53. The zero-order valence-corrected chi connectivity index (χ0v) is 10.8. The van der Waals surface area contributed by atoms with Crippen LogP contribution in [0.15, 0.2) is 6.07 Å². The van der Waals surface area contributed by atoms with E-state index in [1.54, 1.807) is 6.92 Å². The van der Waals surface area contributed by atoms with Crippen LogP contribution in [0.25, 0.3) is 0 Å². The number of carbonyl (C=O) groups excluding carboxylic acids is 1. The Hall–Kier alpha value is -2.03. The van der Waals surface area contributed by atoms with Crippen LogP contribution < -0.4 is 15.2 Å². The van der Waals surface area contributed by atoms with Crippen molar-refractivity contribution in [1.82, 2.24) is 4.98 Å². The number of carbonyl (C=O) groups is 1. The van der Waals surface area contributed by atoms with E-state index < -0.39 is 18.2 Å². The molecule has 0 fully saturated rings. The van der Waals surface area contributed by atoms with E-state index in [2.05, 4.69) is 9.72 Å². The van der Waals surface area contributed by atoms with Gasteiger partial charge < -0.3 is 19.9 Å². The molecule has 0 bridgehead atoms. The predicted molar refractivity (Wildman–Crippen MR) is 61.3 cm³/mol. The highest BCUT2D eigenvalue weighted by Gasteiger charge is 2.34. The maximum absolute atomic E-state index is 12.3. The smallest absolute Gasteiger partial charge is 0.491 e. The van der Waals surface area contributed by atoms with Crippen LogP contribution in [-0.4, -0.2) is 31.0 Å². The lowest BCUT2D eigenvalue weighted by Gasteiger charge is -2.14. The molecule has 0 aliphatic heterocycles. The largest absolute Gasteiger partial charge is 0.574 e. The van der Waals surface area contributed by atoms with Gasteiger partial charge in [0.05, 0.1) is 13.7 Å². The normalized spacial score (nSPS) is 11.1. The zero-order valence-electron chi connectivity index (χ0n) is 10.8. The molecule has 0 aromatic carbocycles. The Kier molecular flexibility index (Phi) is 5.14. The highest BCUT2D eigenvalue weighted by molar-refractivity contribution is 5.89. The predicted octanol–water partition coefficient (Wildman–Crippen LogP) is 1.62. The third kappa shape index (κ3) is 3.98. The van der Waals surface area contributed by atoms with Crippen LogP contribution in [0.4, 0.5) is 13.2 Å². The summed E-state index contributed by atoms with van der Waals surface area (Å²) in [7, 11) is 1.14. The van der Waals surface area contributed by atoms with Crippen molar-refractivity contribution in [1.29, 1.82) is 0 Å². The first-order valence-electron chi connectivity index (χ1n) is 5.53. The SMILES string of the molecule is CCOC(=O)c1nc(OC(F)(F)F)c(OC)cc1CN. The van der Waals surface area contributed by atoms with Crippen molar-refractivity contribution in [3.05, 3.63) is 17.3 Å². The van der Waals surface area contributed by atoms with Crippen LogP contribution in [0.2, 0.25) is 0 Å². The Morgan fingerprint density at radius 1 is 1.45 bits per heavy atom. The minimum absolute atomic E-state index is 0.0476. The van der Waals surface area contributed by atoms with Crippen LogP contribution in [0.5, 0.6) is 11.6 Å². The van der Waals surface area contributed by atoms with Crippen LogP contribution in [0, 0.1) is 0 Å². The molecular weight excluding hydrogens is 281 g/mol. The average molecular weight is 294 g/mol. The maximum Gasteiger partial charge on any atom is 0.574 e. The number of rotatable bonds is 5. The first-order chi connectivity index (χ1) is 9.32. The highest BCUT2D eigenvalue weighted by Crippen LogP contribution is 2.32. The second-order valence-electron chi connectivity index (χ2n) is 3.48. The molecule has 1 heterocycles. The van der Waals surface area contributed by atoms with E-state index in [0.29, 0.717) is 0 Å². The number of methoxy groups -OCH3 is 1. The van der Waals surface area contributed by atoms with Gasteiger partial charge in [-0.2, -0.15) is 0 Å². The van der Waals surface area contributed by atoms with Crippen molar-refractivity contribution in [2.75, 3.05) is 13.7 Å². The number of nitrogens with zero attached hydrogens (tertiary/aromatic N) is 1. The summed E-state index contributed by atoms with van der Waals surface area (Å²) in [5.74, 6) is -2.04. The lowest BCUT2D eigenvalue weighted by molar-refractivity contribution is -0.276. The Labute approximate surface area is 112 Å². The summed E-state index contributed by atoms with van der Waals surface area (Å²) in [6.45, 7) is 1.48. The molecule has 1 aromatic rings. The topological polar surface area (TPSA) is 83.7 Å². The molecule has 0 spiro atoms. The lowest BCUT2D eigenvalue weighted by Crippen LogP contribution is -2.21. The number of halogens is 3. The number of ether oxygens (including phenoxy) is 3. The van der Waals surface area contributed by atoms with E-state index >= 15 is 0 Å². The molecule has 0 radical (unpaired) electrons. The maximum atomic E-state index is 12.3. The van der Waals surface area contributed by atoms with Gasteiger partial charge in [0.2, 0.25) is 0 Å². The second kappa shape index (κ2) is 6.42. The zero-order chi connectivity index (χ0) is 15.3. The van der Waals surface area contributed by atoms with Crippen molar-refractivity contribution in [2.45, 2.75) is 19.8 Å². The molecule has 0 saturated heterocycles. The number of aromatic nitrogens is 1. The molecule has 20 heavy (non-hydrogen) atoms. The number of hydrogen-bond acceptors (Lipinski definition) is 6. The van der Waals surface area contributed by atoms with Crippen molar-refractivity contribution < 1.29 is 32.2 Å². The Morgan fingerprint density at radius 3 is 2.55 bits per heavy atom. The van der Waals surface area contributed by atoms with E-state index in [9.17, 15) is 18.0 Å².